The number of amides is 2. The fourth-order valence-corrected chi connectivity index (χ4v) is 5.03. The molecule has 2 N–H and O–H groups in total. The van der Waals surface area contributed by atoms with Crippen molar-refractivity contribution < 1.29 is 9.59 Å². The van der Waals surface area contributed by atoms with E-state index in [-0.39, 0.29) is 17.9 Å². The Morgan fingerprint density at radius 3 is 2.86 bits per heavy atom. The average Bonchev–Trinajstić information content (AvgIpc) is 3.36. The number of rotatable bonds is 4. The van der Waals surface area contributed by atoms with Crippen LogP contribution in [-0.4, -0.2) is 58.3 Å². The second-order valence-corrected chi connectivity index (χ2v) is 8.52. The first-order chi connectivity index (χ1) is 13.7. The summed E-state index contributed by atoms with van der Waals surface area (Å²) in [6.45, 7) is 2.83. The van der Waals surface area contributed by atoms with Crippen molar-refractivity contribution in [1.82, 2.24) is 20.1 Å². The van der Waals surface area contributed by atoms with Gasteiger partial charge in [0.15, 0.2) is 0 Å². The third-order valence-electron chi connectivity index (χ3n) is 5.72. The van der Waals surface area contributed by atoms with E-state index in [4.69, 9.17) is 0 Å². The zero-order chi connectivity index (χ0) is 19.1. The molecule has 2 atom stereocenters. The standard InChI is InChI=1S/C21H22N4O2S/c26-20-19-13-24(12-15-4-3-9-28-15)7-8-25(19)21(27)18(23-20)10-14-11-22-17-6-2-1-5-16(14)17/h1-6,9,11,18-19,22H,7-8,10,12-13H2,(H,23,26)/t18-,19+/m0/s1. The number of piperazine rings is 2. The molecule has 3 aromatic rings. The van der Waals surface area contributed by atoms with E-state index in [1.54, 1.807) is 16.2 Å². The van der Waals surface area contributed by atoms with Crippen LogP contribution in [-0.2, 0) is 22.6 Å². The minimum absolute atomic E-state index is 0.0330. The van der Waals surface area contributed by atoms with Crippen molar-refractivity contribution in [1.29, 1.82) is 0 Å². The number of aromatic amines is 1. The third kappa shape index (κ3) is 3.10. The molecule has 0 unspecified atom stereocenters. The lowest BCUT2D eigenvalue weighted by Gasteiger charge is -2.45. The van der Waals surface area contributed by atoms with Crippen molar-refractivity contribution in [3.8, 4) is 0 Å². The Hall–Kier alpha value is -2.64. The summed E-state index contributed by atoms with van der Waals surface area (Å²) in [5, 5.41) is 6.15. The molecule has 2 aromatic heterocycles. The largest absolute Gasteiger partial charge is 0.361 e. The Balaban J connectivity index is 1.30. The highest BCUT2D eigenvalue weighted by atomic mass is 32.1. The lowest BCUT2D eigenvalue weighted by atomic mass is 9.98. The minimum atomic E-state index is -0.494. The number of fused-ring (bicyclic) bond motifs is 2. The normalized spacial score (nSPS) is 23.1. The van der Waals surface area contributed by atoms with Gasteiger partial charge in [0.2, 0.25) is 11.8 Å². The number of carbonyl (C=O) groups is 2. The van der Waals surface area contributed by atoms with Gasteiger partial charge < -0.3 is 15.2 Å². The Kier molecular flexibility index (Phi) is 4.41. The van der Waals surface area contributed by atoms with Crippen molar-refractivity contribution in [2.75, 3.05) is 19.6 Å². The van der Waals surface area contributed by atoms with Gasteiger partial charge in [-0.1, -0.05) is 24.3 Å². The summed E-state index contributed by atoms with van der Waals surface area (Å²) in [6, 6.07) is 11.3. The molecule has 2 aliphatic heterocycles. The molecule has 0 aliphatic carbocycles. The molecule has 144 valence electrons. The number of nitrogens with zero attached hydrogens (tertiary/aromatic N) is 2. The molecule has 2 saturated heterocycles. The smallest absolute Gasteiger partial charge is 0.246 e. The molecule has 0 radical (unpaired) electrons. The van der Waals surface area contributed by atoms with Crippen LogP contribution < -0.4 is 5.32 Å². The van der Waals surface area contributed by atoms with E-state index in [0.29, 0.717) is 19.5 Å². The molecule has 5 rings (SSSR count). The van der Waals surface area contributed by atoms with Crippen LogP contribution in [0.3, 0.4) is 0 Å². The number of hydrogen-bond donors (Lipinski definition) is 2. The summed E-state index contributed by atoms with van der Waals surface area (Å²) in [7, 11) is 0. The molecule has 7 heteroatoms. The highest BCUT2D eigenvalue weighted by Crippen LogP contribution is 2.23. The lowest BCUT2D eigenvalue weighted by molar-refractivity contribution is -0.153. The molecule has 4 heterocycles. The van der Waals surface area contributed by atoms with Crippen LogP contribution in [0.1, 0.15) is 10.4 Å². The zero-order valence-electron chi connectivity index (χ0n) is 15.4. The molecule has 0 saturated carbocycles. The number of carbonyl (C=O) groups excluding carboxylic acids is 2. The Morgan fingerprint density at radius 1 is 1.11 bits per heavy atom. The number of nitrogens with one attached hydrogen (secondary N) is 2. The van der Waals surface area contributed by atoms with Crippen molar-refractivity contribution in [3.05, 3.63) is 58.4 Å². The Labute approximate surface area is 167 Å². The van der Waals surface area contributed by atoms with E-state index in [1.165, 1.54) is 4.88 Å². The second kappa shape index (κ2) is 7.07. The monoisotopic (exact) mass is 394 g/mol. The number of hydrogen-bond acceptors (Lipinski definition) is 4. The fraction of sp³-hybridized carbons (Fsp3) is 0.333. The maximum atomic E-state index is 13.1. The predicted molar refractivity (Wildman–Crippen MR) is 109 cm³/mol. The summed E-state index contributed by atoms with van der Waals surface area (Å²) in [5.74, 6) is -0.00836. The number of aromatic nitrogens is 1. The molecule has 1 aromatic carbocycles. The quantitative estimate of drug-likeness (QED) is 0.711. The molecule has 6 nitrogen and oxygen atoms in total. The molecule has 2 aliphatic rings. The maximum absolute atomic E-state index is 13.1. The number of para-hydroxylation sites is 1. The van der Waals surface area contributed by atoms with Crippen LogP contribution >= 0.6 is 11.3 Å². The highest BCUT2D eigenvalue weighted by Gasteiger charge is 2.43. The first kappa shape index (κ1) is 17.5. The Bertz CT molecular complexity index is 1010. The van der Waals surface area contributed by atoms with Gasteiger partial charge in [0.05, 0.1) is 0 Å². The topological polar surface area (TPSA) is 68.4 Å². The predicted octanol–water partition coefficient (Wildman–Crippen LogP) is 1.98. The summed E-state index contributed by atoms with van der Waals surface area (Å²) in [4.78, 5) is 34.4. The summed E-state index contributed by atoms with van der Waals surface area (Å²) in [6.07, 6.45) is 2.45. The molecular weight excluding hydrogens is 372 g/mol. The van der Waals surface area contributed by atoms with Crippen molar-refractivity contribution in [3.63, 3.8) is 0 Å². The molecule has 28 heavy (non-hydrogen) atoms. The van der Waals surface area contributed by atoms with Gasteiger partial charge in [-0.05, 0) is 23.1 Å². The van der Waals surface area contributed by atoms with E-state index in [9.17, 15) is 9.59 Å². The van der Waals surface area contributed by atoms with Crippen LogP contribution in [0.25, 0.3) is 10.9 Å². The average molecular weight is 395 g/mol. The van der Waals surface area contributed by atoms with Gasteiger partial charge in [-0.25, -0.2) is 0 Å². The van der Waals surface area contributed by atoms with E-state index >= 15 is 0 Å². The summed E-state index contributed by atoms with van der Waals surface area (Å²) in [5.41, 5.74) is 2.11. The van der Waals surface area contributed by atoms with Crippen molar-refractivity contribution >= 4 is 34.1 Å². The van der Waals surface area contributed by atoms with Crippen LogP contribution in [0.15, 0.2) is 48.0 Å². The summed E-state index contributed by atoms with van der Waals surface area (Å²) >= 11 is 1.72. The second-order valence-electron chi connectivity index (χ2n) is 7.49. The SMILES string of the molecule is O=C1N[C@@H](Cc2c[nH]c3ccccc23)C(=O)N2CCN(Cc3cccs3)C[C@H]12. The van der Waals surface area contributed by atoms with Gasteiger partial charge in [-0.15, -0.1) is 11.3 Å². The molecule has 2 fully saturated rings. The van der Waals surface area contributed by atoms with E-state index in [2.05, 4.69) is 26.6 Å². The van der Waals surface area contributed by atoms with Crippen LogP contribution in [0.5, 0.6) is 0 Å². The third-order valence-corrected chi connectivity index (χ3v) is 6.58. The van der Waals surface area contributed by atoms with Gasteiger partial charge in [-0.3, -0.25) is 14.5 Å². The molecule has 0 spiro atoms. The number of thiophene rings is 1. The first-order valence-electron chi connectivity index (χ1n) is 9.59. The van der Waals surface area contributed by atoms with E-state index in [1.807, 2.05) is 36.5 Å². The van der Waals surface area contributed by atoms with Gasteiger partial charge >= 0.3 is 0 Å². The minimum Gasteiger partial charge on any atom is -0.361 e. The van der Waals surface area contributed by atoms with Gasteiger partial charge in [0, 0.05) is 54.6 Å². The molecule has 0 bridgehead atoms. The Morgan fingerprint density at radius 2 is 2.00 bits per heavy atom. The van der Waals surface area contributed by atoms with E-state index in [0.717, 1.165) is 29.6 Å². The van der Waals surface area contributed by atoms with Gasteiger partial charge in [0.1, 0.15) is 12.1 Å². The summed E-state index contributed by atoms with van der Waals surface area (Å²) < 4.78 is 0. The number of H-pyrrole nitrogens is 1. The van der Waals surface area contributed by atoms with Crippen molar-refractivity contribution in [2.45, 2.75) is 25.0 Å². The van der Waals surface area contributed by atoms with Gasteiger partial charge in [-0.2, -0.15) is 0 Å². The van der Waals surface area contributed by atoms with Crippen molar-refractivity contribution in [2.24, 2.45) is 0 Å². The van der Waals surface area contributed by atoms with Crippen LogP contribution in [0.4, 0.5) is 0 Å². The number of benzene rings is 1. The first-order valence-corrected chi connectivity index (χ1v) is 10.5. The lowest BCUT2D eigenvalue weighted by Crippen LogP contribution is -2.69. The fourth-order valence-electron chi connectivity index (χ4n) is 4.28. The van der Waals surface area contributed by atoms with Crippen LogP contribution in [0.2, 0.25) is 0 Å². The van der Waals surface area contributed by atoms with Crippen LogP contribution in [0, 0.1) is 0 Å². The molecular formula is C21H22N4O2S. The highest BCUT2D eigenvalue weighted by molar-refractivity contribution is 7.09. The maximum Gasteiger partial charge on any atom is 0.246 e. The van der Waals surface area contributed by atoms with E-state index < -0.39 is 6.04 Å². The van der Waals surface area contributed by atoms with Gasteiger partial charge in [0.25, 0.3) is 0 Å². The zero-order valence-corrected chi connectivity index (χ0v) is 16.2. The molecule has 2 amide bonds.